The van der Waals surface area contributed by atoms with Crippen LogP contribution in [0.2, 0.25) is 20.4 Å². The summed E-state index contributed by atoms with van der Waals surface area (Å²) >= 11 is 24.1. The summed E-state index contributed by atoms with van der Waals surface area (Å²) in [5.74, 6) is 0.828. The van der Waals surface area contributed by atoms with E-state index in [1.165, 1.54) is 7.11 Å². The summed E-state index contributed by atoms with van der Waals surface area (Å²) in [5.41, 5.74) is 0.832. The van der Waals surface area contributed by atoms with Crippen LogP contribution >= 0.6 is 46.4 Å². The molecule has 3 nitrogen and oxygen atoms in total. The third-order valence-corrected chi connectivity index (χ3v) is 4.19. The Bertz CT molecular complexity index is 707. The van der Waals surface area contributed by atoms with E-state index in [9.17, 15) is 5.26 Å². The molecular formula is C14H7Cl4LiN2O. The first kappa shape index (κ1) is 19.3. The molecule has 0 fully saturated rings. The molecule has 108 valence electrons. The summed E-state index contributed by atoms with van der Waals surface area (Å²) in [5, 5.41) is 9.59. The molecule has 2 aromatic rings. The Hall–Kier alpha value is -0.713. The number of rotatable bonds is 3. The minimum Gasteiger partial charge on any atom is -0.505 e. The van der Waals surface area contributed by atoms with Crippen LogP contribution in [0.5, 0.6) is 5.75 Å². The molecule has 2 rings (SSSR count). The molecule has 1 aromatic heterocycles. The van der Waals surface area contributed by atoms with Crippen LogP contribution in [0.15, 0.2) is 24.3 Å². The number of methoxy groups -OCH3 is 1. The van der Waals surface area contributed by atoms with E-state index in [1.807, 2.05) is 0 Å². The van der Waals surface area contributed by atoms with E-state index in [4.69, 9.17) is 51.1 Å². The summed E-state index contributed by atoms with van der Waals surface area (Å²) in [6, 6.07) is 9.00. The number of ether oxygens (including phenoxy) is 1. The molecule has 0 N–H and O–H groups in total. The molecule has 0 spiro atoms. The van der Waals surface area contributed by atoms with Gasteiger partial charge < -0.3 is 4.74 Å². The molecule has 0 radical (unpaired) electrons. The second-order valence-corrected chi connectivity index (χ2v) is 5.39. The first-order valence-corrected chi connectivity index (χ1v) is 7.12. The summed E-state index contributed by atoms with van der Waals surface area (Å²) in [6.45, 7) is 0. The van der Waals surface area contributed by atoms with Crippen LogP contribution in [0.4, 0.5) is 0 Å². The fraction of sp³-hybridized carbons (Fsp3) is 0.0714. The zero-order chi connectivity index (χ0) is 15.6. The van der Waals surface area contributed by atoms with Gasteiger partial charge in [0.1, 0.15) is 10.3 Å². The molecule has 0 saturated carbocycles. The first-order valence-electron chi connectivity index (χ1n) is 5.61. The average Bonchev–Trinajstić information content (AvgIpc) is 2.49. The van der Waals surface area contributed by atoms with Crippen LogP contribution in [0.1, 0.15) is 11.1 Å². The van der Waals surface area contributed by atoms with Crippen molar-refractivity contribution < 1.29 is 23.6 Å². The zero-order valence-electron chi connectivity index (χ0n) is 11.6. The van der Waals surface area contributed by atoms with Gasteiger partial charge in [0.05, 0.1) is 18.9 Å². The van der Waals surface area contributed by atoms with E-state index >= 15 is 0 Å². The molecule has 0 bridgehead atoms. The summed E-state index contributed by atoms with van der Waals surface area (Å²) in [6.07, 6.45) is 0. The molecule has 0 saturated heterocycles. The van der Waals surface area contributed by atoms with Gasteiger partial charge in [-0.25, -0.2) is 10.2 Å². The Kier molecular flexibility index (Phi) is 7.23. The fourth-order valence-electron chi connectivity index (χ4n) is 1.75. The molecule has 1 aromatic carbocycles. The minimum atomic E-state index is -0.0169. The van der Waals surface area contributed by atoms with Crippen LogP contribution in [-0.2, 0) is 0 Å². The van der Waals surface area contributed by atoms with Gasteiger partial charge in [0.15, 0.2) is 0 Å². The number of nitrogens with zero attached hydrogens (tertiary/aromatic N) is 2. The van der Waals surface area contributed by atoms with E-state index < -0.39 is 0 Å². The molecule has 1 heterocycles. The number of hydrogen-bond donors (Lipinski definition) is 0. The predicted octanol–water partition coefficient (Wildman–Crippen LogP) is 2.20. The van der Waals surface area contributed by atoms with Crippen molar-refractivity contribution in [3.63, 3.8) is 0 Å². The number of benzene rings is 1. The van der Waals surface area contributed by atoms with Gasteiger partial charge in [-0.15, -0.1) is 34.8 Å². The van der Waals surface area contributed by atoms with Gasteiger partial charge in [0.25, 0.3) is 0 Å². The summed E-state index contributed by atoms with van der Waals surface area (Å²) in [7, 11) is 1.53. The van der Waals surface area contributed by atoms with Crippen molar-refractivity contribution in [2.45, 2.75) is 0 Å². The largest absolute Gasteiger partial charge is 1.00 e. The van der Waals surface area contributed by atoms with Gasteiger partial charge in [0, 0.05) is 10.0 Å². The Morgan fingerprint density at radius 3 is 2.23 bits per heavy atom. The van der Waals surface area contributed by atoms with Gasteiger partial charge in [-0.1, -0.05) is 40.9 Å². The Morgan fingerprint density at radius 1 is 1.14 bits per heavy atom. The van der Waals surface area contributed by atoms with Gasteiger partial charge in [-0.2, -0.15) is 0 Å². The van der Waals surface area contributed by atoms with Gasteiger partial charge in [0.2, 0.25) is 0 Å². The molecular weight excluding hydrogens is 361 g/mol. The Balaban J connectivity index is 0.00000242. The topological polar surface area (TPSA) is 45.9 Å². The predicted molar refractivity (Wildman–Crippen MR) is 84.3 cm³/mol. The molecule has 0 amide bonds. The third-order valence-electron chi connectivity index (χ3n) is 2.72. The fourth-order valence-corrected chi connectivity index (χ4v) is 2.66. The Morgan fingerprint density at radius 2 is 1.73 bits per heavy atom. The van der Waals surface area contributed by atoms with Crippen molar-refractivity contribution >= 4 is 46.4 Å². The standard InChI is InChI=1S/C14H7Cl4N2O.Li/c1-21-8-4-2-3-7(5-8)9(6-19)10-11(15)13(17)20-14(18)12(10)16;/h2-5H,1H3;/q-1;+1. The minimum absolute atomic E-state index is 0. The van der Waals surface area contributed by atoms with Crippen LogP contribution in [-0.4, -0.2) is 12.1 Å². The molecule has 0 aliphatic heterocycles. The SMILES string of the molecule is COc1cccc([C-](C#N)c2c(Cl)c(Cl)nc(Cl)c2Cl)c1.[Li+]. The normalized spacial score (nSPS) is 9.64. The summed E-state index contributed by atoms with van der Waals surface area (Å²) < 4.78 is 5.14. The van der Waals surface area contributed by atoms with Crippen molar-refractivity contribution in [2.75, 3.05) is 7.11 Å². The molecule has 0 unspecified atom stereocenters. The van der Waals surface area contributed by atoms with Crippen molar-refractivity contribution in [1.82, 2.24) is 4.98 Å². The number of hydrogen-bond acceptors (Lipinski definition) is 3. The molecule has 0 aliphatic carbocycles. The molecule has 8 heteroatoms. The van der Waals surface area contributed by atoms with Crippen LogP contribution in [0, 0.1) is 17.2 Å². The van der Waals surface area contributed by atoms with E-state index in [1.54, 1.807) is 24.3 Å². The van der Waals surface area contributed by atoms with E-state index in [-0.39, 0.29) is 50.7 Å². The number of aromatic nitrogens is 1. The second-order valence-electron chi connectivity index (χ2n) is 3.92. The van der Waals surface area contributed by atoms with E-state index in [0.717, 1.165) is 0 Å². The average molecular weight is 368 g/mol. The maximum absolute atomic E-state index is 9.48. The zero-order valence-corrected chi connectivity index (χ0v) is 14.6. The number of pyridine rings is 1. The van der Waals surface area contributed by atoms with Crippen LogP contribution in [0.3, 0.4) is 0 Å². The van der Waals surface area contributed by atoms with Gasteiger partial charge in [-0.05, 0) is 12.0 Å². The number of halogens is 4. The van der Waals surface area contributed by atoms with Crippen molar-refractivity contribution in [1.29, 1.82) is 5.26 Å². The summed E-state index contributed by atoms with van der Waals surface area (Å²) in [4.78, 5) is 3.80. The Labute approximate surface area is 160 Å². The maximum Gasteiger partial charge on any atom is 1.00 e. The third kappa shape index (κ3) is 3.78. The quantitative estimate of drug-likeness (QED) is 0.474. The van der Waals surface area contributed by atoms with Crippen molar-refractivity contribution in [3.8, 4) is 11.8 Å². The second kappa shape index (κ2) is 8.23. The maximum atomic E-state index is 9.48. The monoisotopic (exact) mass is 366 g/mol. The first-order chi connectivity index (χ1) is 9.99. The van der Waals surface area contributed by atoms with Crippen LogP contribution < -0.4 is 23.6 Å². The van der Waals surface area contributed by atoms with E-state index in [2.05, 4.69) is 11.1 Å². The number of nitriles is 1. The molecule has 0 aliphatic rings. The van der Waals surface area contributed by atoms with Gasteiger partial charge in [-0.3, -0.25) is 0 Å². The molecule has 22 heavy (non-hydrogen) atoms. The smallest absolute Gasteiger partial charge is 0.505 e. The molecule has 0 atom stereocenters. The van der Waals surface area contributed by atoms with Crippen molar-refractivity contribution in [3.05, 3.63) is 61.7 Å². The van der Waals surface area contributed by atoms with E-state index in [0.29, 0.717) is 11.3 Å². The van der Waals surface area contributed by atoms with Crippen molar-refractivity contribution in [2.24, 2.45) is 0 Å². The van der Waals surface area contributed by atoms with Crippen LogP contribution in [0.25, 0.3) is 0 Å². The van der Waals surface area contributed by atoms with Gasteiger partial charge >= 0.3 is 18.9 Å².